The van der Waals surface area contributed by atoms with E-state index in [1.807, 2.05) is 46.8 Å². The number of fused-ring (bicyclic) bond motifs is 1. The lowest BCUT2D eigenvalue weighted by molar-refractivity contribution is -0.124. The van der Waals surface area contributed by atoms with Crippen LogP contribution in [0, 0.1) is 19.8 Å². The predicted octanol–water partition coefficient (Wildman–Crippen LogP) is 2.22. The third-order valence-corrected chi connectivity index (χ3v) is 3.92. The molecule has 1 aliphatic rings. The van der Waals surface area contributed by atoms with Crippen LogP contribution in [-0.4, -0.2) is 30.9 Å². The number of hydrogen-bond acceptors (Lipinski definition) is 3. The monoisotopic (exact) mass is 303 g/mol. The number of aryl methyl sites for hydroxylation is 2. The zero-order valence-electron chi connectivity index (χ0n) is 14.0. The zero-order valence-corrected chi connectivity index (χ0v) is 14.0. The zero-order chi connectivity index (χ0) is 16.4. The second-order valence-corrected chi connectivity index (χ2v) is 6.44. The molecular formula is C17H25N3O2. The molecule has 0 saturated heterocycles. The van der Waals surface area contributed by atoms with Crippen LogP contribution in [0.5, 0.6) is 0 Å². The molecule has 1 unspecified atom stereocenters. The van der Waals surface area contributed by atoms with Crippen LogP contribution in [0.25, 0.3) is 0 Å². The molecule has 0 fully saturated rings. The van der Waals surface area contributed by atoms with E-state index in [0.717, 1.165) is 22.5 Å². The number of rotatable bonds is 4. The second kappa shape index (κ2) is 6.38. The molecule has 2 rings (SSSR count). The van der Waals surface area contributed by atoms with Gasteiger partial charge in [-0.2, -0.15) is 0 Å². The van der Waals surface area contributed by atoms with Crippen molar-refractivity contribution in [1.82, 2.24) is 5.32 Å². The fourth-order valence-electron chi connectivity index (χ4n) is 2.47. The minimum atomic E-state index is -0.326. The lowest BCUT2D eigenvalue weighted by atomic mass is 10.0. The largest absolute Gasteiger partial charge is 0.372 e. The van der Waals surface area contributed by atoms with Crippen molar-refractivity contribution in [2.45, 2.75) is 40.7 Å². The maximum Gasteiger partial charge on any atom is 0.249 e. The van der Waals surface area contributed by atoms with Crippen LogP contribution in [-0.2, 0) is 9.59 Å². The minimum absolute atomic E-state index is 0.0626. The van der Waals surface area contributed by atoms with E-state index in [-0.39, 0.29) is 24.4 Å². The molecule has 1 aromatic rings. The summed E-state index contributed by atoms with van der Waals surface area (Å²) in [5, 5.41) is 6.08. The van der Waals surface area contributed by atoms with Crippen LogP contribution in [0.15, 0.2) is 12.1 Å². The topological polar surface area (TPSA) is 61.4 Å². The molecule has 0 bridgehead atoms. The van der Waals surface area contributed by atoms with Gasteiger partial charge in [0.05, 0.1) is 11.4 Å². The van der Waals surface area contributed by atoms with Gasteiger partial charge in [-0.05, 0) is 49.9 Å². The van der Waals surface area contributed by atoms with Gasteiger partial charge in [-0.25, -0.2) is 0 Å². The van der Waals surface area contributed by atoms with Crippen LogP contribution < -0.4 is 15.5 Å². The highest BCUT2D eigenvalue weighted by atomic mass is 16.2. The number of amides is 2. The maximum absolute atomic E-state index is 12.4. The number of benzene rings is 1. The molecule has 22 heavy (non-hydrogen) atoms. The standard InChI is InChI=1S/C17H25N3O2/c1-10(2)8-18-16(21)9-20-15-7-12(4)11(3)6-14(15)19-13(5)17(20)22/h6-7,10,13,19H,8-9H2,1-5H3,(H,18,21). The van der Waals surface area contributed by atoms with E-state index < -0.39 is 0 Å². The van der Waals surface area contributed by atoms with Crippen molar-refractivity contribution in [3.8, 4) is 0 Å². The molecule has 2 amide bonds. The Bertz CT molecular complexity index is 596. The van der Waals surface area contributed by atoms with Gasteiger partial charge in [-0.15, -0.1) is 0 Å². The summed E-state index contributed by atoms with van der Waals surface area (Å²) in [6, 6.07) is 3.68. The van der Waals surface area contributed by atoms with Crippen molar-refractivity contribution in [3.63, 3.8) is 0 Å². The Hall–Kier alpha value is -2.04. The summed E-state index contributed by atoms with van der Waals surface area (Å²) >= 11 is 0. The quantitative estimate of drug-likeness (QED) is 0.896. The van der Waals surface area contributed by atoms with Crippen LogP contribution in [0.1, 0.15) is 31.9 Å². The second-order valence-electron chi connectivity index (χ2n) is 6.44. The molecule has 5 heteroatoms. The average Bonchev–Trinajstić information content (AvgIpc) is 2.44. The third kappa shape index (κ3) is 3.40. The van der Waals surface area contributed by atoms with Crippen LogP contribution in [0.4, 0.5) is 11.4 Å². The first-order valence-corrected chi connectivity index (χ1v) is 7.75. The number of hydrogen-bond donors (Lipinski definition) is 2. The van der Waals surface area contributed by atoms with Gasteiger partial charge in [-0.3, -0.25) is 14.5 Å². The van der Waals surface area contributed by atoms with Crippen molar-refractivity contribution in [3.05, 3.63) is 23.3 Å². The molecule has 1 aromatic carbocycles. The number of anilines is 2. The molecule has 5 nitrogen and oxygen atoms in total. The molecular weight excluding hydrogens is 278 g/mol. The van der Waals surface area contributed by atoms with Crippen molar-refractivity contribution < 1.29 is 9.59 Å². The summed E-state index contributed by atoms with van der Waals surface area (Å²) in [5.41, 5.74) is 3.96. The fraction of sp³-hybridized carbons (Fsp3) is 0.529. The van der Waals surface area contributed by atoms with Gasteiger partial charge in [0.2, 0.25) is 11.8 Å². The average molecular weight is 303 g/mol. The Balaban J connectivity index is 2.25. The fourth-order valence-corrected chi connectivity index (χ4v) is 2.47. The van der Waals surface area contributed by atoms with Gasteiger partial charge in [-0.1, -0.05) is 13.8 Å². The molecule has 1 heterocycles. The Kier molecular flexibility index (Phi) is 4.74. The molecule has 0 saturated carbocycles. The Morgan fingerprint density at radius 2 is 1.95 bits per heavy atom. The summed E-state index contributed by atoms with van der Waals surface area (Å²) < 4.78 is 0. The van der Waals surface area contributed by atoms with E-state index in [2.05, 4.69) is 10.6 Å². The number of nitrogens with one attached hydrogen (secondary N) is 2. The SMILES string of the molecule is Cc1cc2c(cc1C)N(CC(=O)NCC(C)C)C(=O)C(C)N2. The lowest BCUT2D eigenvalue weighted by Gasteiger charge is -2.34. The van der Waals surface area contributed by atoms with Crippen LogP contribution in [0.3, 0.4) is 0 Å². The van der Waals surface area contributed by atoms with Crippen molar-refractivity contribution in [2.75, 3.05) is 23.3 Å². The van der Waals surface area contributed by atoms with Crippen LogP contribution in [0.2, 0.25) is 0 Å². The minimum Gasteiger partial charge on any atom is -0.372 e. The predicted molar refractivity (Wildman–Crippen MR) is 89.2 cm³/mol. The highest BCUT2D eigenvalue weighted by molar-refractivity contribution is 6.07. The third-order valence-electron chi connectivity index (χ3n) is 3.92. The molecule has 120 valence electrons. The van der Waals surface area contributed by atoms with Crippen molar-refractivity contribution >= 4 is 23.2 Å². The number of carbonyl (C=O) groups excluding carboxylic acids is 2. The first-order chi connectivity index (χ1) is 10.3. The number of carbonyl (C=O) groups is 2. The van der Waals surface area contributed by atoms with E-state index in [4.69, 9.17) is 0 Å². The van der Waals surface area contributed by atoms with E-state index in [1.165, 1.54) is 0 Å². The van der Waals surface area contributed by atoms with E-state index in [1.54, 1.807) is 4.90 Å². The maximum atomic E-state index is 12.4. The van der Waals surface area contributed by atoms with Gasteiger partial charge in [0, 0.05) is 6.54 Å². The van der Waals surface area contributed by atoms with Gasteiger partial charge in [0.25, 0.3) is 0 Å². The first-order valence-electron chi connectivity index (χ1n) is 7.75. The summed E-state index contributed by atoms with van der Waals surface area (Å²) in [7, 11) is 0. The lowest BCUT2D eigenvalue weighted by Crippen LogP contribution is -2.50. The number of nitrogens with zero attached hydrogens (tertiary/aromatic N) is 1. The smallest absolute Gasteiger partial charge is 0.249 e. The van der Waals surface area contributed by atoms with Crippen molar-refractivity contribution in [2.24, 2.45) is 5.92 Å². The van der Waals surface area contributed by atoms with Gasteiger partial charge >= 0.3 is 0 Å². The molecule has 0 spiro atoms. The van der Waals surface area contributed by atoms with E-state index in [0.29, 0.717) is 12.5 Å². The molecule has 0 radical (unpaired) electrons. The van der Waals surface area contributed by atoms with Gasteiger partial charge in [0.1, 0.15) is 12.6 Å². The van der Waals surface area contributed by atoms with Crippen LogP contribution >= 0.6 is 0 Å². The van der Waals surface area contributed by atoms with E-state index >= 15 is 0 Å². The molecule has 1 aliphatic heterocycles. The summed E-state index contributed by atoms with van der Waals surface area (Å²) in [6.07, 6.45) is 0. The Labute approximate surface area is 132 Å². The first kappa shape index (κ1) is 16.3. The molecule has 0 aromatic heterocycles. The van der Waals surface area contributed by atoms with Gasteiger partial charge < -0.3 is 10.6 Å². The summed E-state index contributed by atoms with van der Waals surface area (Å²) in [5.74, 6) is 0.189. The van der Waals surface area contributed by atoms with Crippen molar-refractivity contribution in [1.29, 1.82) is 0 Å². The summed E-state index contributed by atoms with van der Waals surface area (Å²) in [4.78, 5) is 26.1. The van der Waals surface area contributed by atoms with E-state index in [9.17, 15) is 9.59 Å². The molecule has 0 aliphatic carbocycles. The normalized spacial score (nSPS) is 17.3. The Morgan fingerprint density at radius 1 is 1.32 bits per heavy atom. The molecule has 2 N–H and O–H groups in total. The highest BCUT2D eigenvalue weighted by Crippen LogP contribution is 2.33. The Morgan fingerprint density at radius 3 is 2.59 bits per heavy atom. The highest BCUT2D eigenvalue weighted by Gasteiger charge is 2.31. The molecule has 1 atom stereocenters. The van der Waals surface area contributed by atoms with Gasteiger partial charge in [0.15, 0.2) is 0 Å². The summed E-state index contributed by atoms with van der Waals surface area (Å²) in [6.45, 7) is 10.6.